The van der Waals surface area contributed by atoms with E-state index in [9.17, 15) is 9.59 Å². The van der Waals surface area contributed by atoms with E-state index in [-0.39, 0.29) is 11.9 Å². The van der Waals surface area contributed by atoms with Crippen molar-refractivity contribution in [1.82, 2.24) is 15.5 Å². The van der Waals surface area contributed by atoms with E-state index in [2.05, 4.69) is 24.5 Å². The molecule has 2 aliphatic heterocycles. The van der Waals surface area contributed by atoms with Crippen LogP contribution in [0, 0.1) is 0 Å². The third-order valence-corrected chi connectivity index (χ3v) is 4.13. The molecule has 1 aromatic rings. The van der Waals surface area contributed by atoms with Crippen molar-refractivity contribution in [3.8, 4) is 0 Å². The molecule has 2 atom stereocenters. The van der Waals surface area contributed by atoms with Crippen LogP contribution in [-0.4, -0.2) is 55.1 Å². The predicted octanol–water partition coefficient (Wildman–Crippen LogP) is 1.04. The Kier molecular flexibility index (Phi) is 4.02. The van der Waals surface area contributed by atoms with Crippen LogP contribution < -0.4 is 15.5 Å². The van der Waals surface area contributed by atoms with Gasteiger partial charge in [-0.05, 0) is 38.1 Å². The molecule has 0 aromatic heterocycles. The number of amides is 3. The van der Waals surface area contributed by atoms with E-state index in [0.717, 1.165) is 18.8 Å². The second-order valence-corrected chi connectivity index (χ2v) is 6.11. The van der Waals surface area contributed by atoms with E-state index in [1.54, 1.807) is 17.0 Å². The van der Waals surface area contributed by atoms with E-state index in [4.69, 9.17) is 0 Å². The zero-order valence-electron chi connectivity index (χ0n) is 13.0. The molecule has 3 rings (SSSR count). The number of anilines is 1. The van der Waals surface area contributed by atoms with E-state index < -0.39 is 0 Å². The molecule has 1 aromatic carbocycles. The largest absolute Gasteiger partial charge is 0.336 e. The molecule has 2 aliphatic rings. The maximum atomic E-state index is 12.6. The molecule has 2 N–H and O–H groups in total. The van der Waals surface area contributed by atoms with Gasteiger partial charge in [0.15, 0.2) is 0 Å². The summed E-state index contributed by atoms with van der Waals surface area (Å²) < 4.78 is 0. The SMILES string of the molecule is C[C@@H]1CN(C(=O)c2ccc(N3CCNC3=O)cc2)C[C@H](C)N1. The van der Waals surface area contributed by atoms with Gasteiger partial charge in [-0.2, -0.15) is 0 Å². The van der Waals surface area contributed by atoms with Crippen molar-refractivity contribution in [2.24, 2.45) is 0 Å². The number of urea groups is 1. The van der Waals surface area contributed by atoms with Crippen LogP contribution in [0.2, 0.25) is 0 Å². The van der Waals surface area contributed by atoms with Crippen LogP contribution in [0.5, 0.6) is 0 Å². The number of carbonyl (C=O) groups excluding carboxylic acids is 2. The van der Waals surface area contributed by atoms with Gasteiger partial charge in [0.1, 0.15) is 0 Å². The highest BCUT2D eigenvalue weighted by atomic mass is 16.2. The van der Waals surface area contributed by atoms with Crippen LogP contribution in [-0.2, 0) is 0 Å². The fourth-order valence-corrected chi connectivity index (χ4v) is 3.18. The van der Waals surface area contributed by atoms with Crippen molar-refractivity contribution >= 4 is 17.6 Å². The topological polar surface area (TPSA) is 64.7 Å². The minimum absolute atomic E-state index is 0.0534. The second kappa shape index (κ2) is 5.96. The minimum atomic E-state index is -0.0798. The molecule has 6 nitrogen and oxygen atoms in total. The predicted molar refractivity (Wildman–Crippen MR) is 85.1 cm³/mol. The van der Waals surface area contributed by atoms with Crippen molar-refractivity contribution in [2.75, 3.05) is 31.1 Å². The van der Waals surface area contributed by atoms with E-state index in [1.807, 2.05) is 17.0 Å². The lowest BCUT2D eigenvalue weighted by atomic mass is 10.1. The molecule has 3 amide bonds. The zero-order valence-corrected chi connectivity index (χ0v) is 13.0. The van der Waals surface area contributed by atoms with Gasteiger partial charge in [-0.3, -0.25) is 9.69 Å². The summed E-state index contributed by atoms with van der Waals surface area (Å²) in [5.41, 5.74) is 1.50. The highest BCUT2D eigenvalue weighted by Crippen LogP contribution is 2.18. The first kappa shape index (κ1) is 14.8. The number of rotatable bonds is 2. The molecular weight excluding hydrogens is 280 g/mol. The fourth-order valence-electron chi connectivity index (χ4n) is 3.18. The lowest BCUT2D eigenvalue weighted by Crippen LogP contribution is -2.55. The Morgan fingerprint density at radius 3 is 2.32 bits per heavy atom. The number of nitrogens with one attached hydrogen (secondary N) is 2. The van der Waals surface area contributed by atoms with Crippen molar-refractivity contribution < 1.29 is 9.59 Å². The molecule has 2 saturated heterocycles. The van der Waals surface area contributed by atoms with Crippen LogP contribution in [0.25, 0.3) is 0 Å². The molecule has 0 aliphatic carbocycles. The molecule has 0 spiro atoms. The molecule has 0 saturated carbocycles. The summed E-state index contributed by atoms with van der Waals surface area (Å²) in [7, 11) is 0. The number of hydrogen-bond acceptors (Lipinski definition) is 3. The molecule has 2 heterocycles. The number of nitrogens with zero attached hydrogens (tertiary/aromatic N) is 2. The maximum absolute atomic E-state index is 12.6. The quantitative estimate of drug-likeness (QED) is 0.858. The molecule has 6 heteroatoms. The van der Waals surface area contributed by atoms with E-state index in [0.29, 0.717) is 30.7 Å². The van der Waals surface area contributed by atoms with Crippen LogP contribution >= 0.6 is 0 Å². The summed E-state index contributed by atoms with van der Waals surface area (Å²) in [6.45, 7) is 6.95. The molecular formula is C16H22N4O2. The first-order valence-electron chi connectivity index (χ1n) is 7.75. The highest BCUT2D eigenvalue weighted by Gasteiger charge is 2.26. The van der Waals surface area contributed by atoms with Gasteiger partial charge in [0.25, 0.3) is 5.91 Å². The van der Waals surface area contributed by atoms with Gasteiger partial charge in [0, 0.05) is 49.5 Å². The summed E-state index contributed by atoms with van der Waals surface area (Å²) >= 11 is 0. The zero-order chi connectivity index (χ0) is 15.7. The molecule has 22 heavy (non-hydrogen) atoms. The molecule has 0 bridgehead atoms. The Labute approximate surface area is 130 Å². The van der Waals surface area contributed by atoms with Gasteiger partial charge in [-0.15, -0.1) is 0 Å². The summed E-state index contributed by atoms with van der Waals surface area (Å²) in [4.78, 5) is 27.8. The monoisotopic (exact) mass is 302 g/mol. The Morgan fingerprint density at radius 2 is 1.77 bits per heavy atom. The van der Waals surface area contributed by atoms with Gasteiger partial charge in [0.2, 0.25) is 0 Å². The van der Waals surface area contributed by atoms with Gasteiger partial charge in [0.05, 0.1) is 0 Å². The first-order valence-corrected chi connectivity index (χ1v) is 7.75. The average Bonchev–Trinajstić information content (AvgIpc) is 2.92. The molecule has 0 radical (unpaired) electrons. The lowest BCUT2D eigenvalue weighted by Gasteiger charge is -2.36. The lowest BCUT2D eigenvalue weighted by molar-refractivity contribution is 0.0674. The maximum Gasteiger partial charge on any atom is 0.321 e. The van der Waals surface area contributed by atoms with Gasteiger partial charge in [-0.1, -0.05) is 0 Å². The number of hydrogen-bond donors (Lipinski definition) is 2. The van der Waals surface area contributed by atoms with Gasteiger partial charge >= 0.3 is 6.03 Å². The van der Waals surface area contributed by atoms with Crippen LogP contribution in [0.1, 0.15) is 24.2 Å². The summed E-state index contributed by atoms with van der Waals surface area (Å²) in [5, 5.41) is 6.19. The summed E-state index contributed by atoms with van der Waals surface area (Å²) in [6, 6.07) is 7.83. The third kappa shape index (κ3) is 2.92. The van der Waals surface area contributed by atoms with Crippen LogP contribution in [0.3, 0.4) is 0 Å². The van der Waals surface area contributed by atoms with Crippen molar-refractivity contribution in [1.29, 1.82) is 0 Å². The number of carbonyl (C=O) groups is 2. The first-order chi connectivity index (χ1) is 10.5. The summed E-state index contributed by atoms with van der Waals surface area (Å²) in [5.74, 6) is 0.0534. The van der Waals surface area contributed by atoms with Crippen LogP contribution in [0.4, 0.5) is 10.5 Å². The number of piperazine rings is 1. The molecule has 118 valence electrons. The summed E-state index contributed by atoms with van der Waals surface area (Å²) in [6.07, 6.45) is 0. The second-order valence-electron chi connectivity index (χ2n) is 6.11. The standard InChI is InChI=1S/C16H22N4O2/c1-11-9-19(10-12(2)18-11)15(21)13-3-5-14(6-4-13)20-8-7-17-16(20)22/h3-6,11-12,18H,7-10H2,1-2H3,(H,17,22)/t11-,12+. The van der Waals surface area contributed by atoms with Crippen molar-refractivity contribution in [2.45, 2.75) is 25.9 Å². The van der Waals surface area contributed by atoms with Crippen molar-refractivity contribution in [3.05, 3.63) is 29.8 Å². The smallest absolute Gasteiger partial charge is 0.321 e. The Balaban J connectivity index is 1.72. The Morgan fingerprint density at radius 1 is 1.14 bits per heavy atom. The average molecular weight is 302 g/mol. The van der Waals surface area contributed by atoms with Gasteiger partial charge < -0.3 is 15.5 Å². The van der Waals surface area contributed by atoms with E-state index in [1.165, 1.54) is 0 Å². The van der Waals surface area contributed by atoms with Crippen LogP contribution in [0.15, 0.2) is 24.3 Å². The Bertz CT molecular complexity index is 562. The van der Waals surface area contributed by atoms with Crippen molar-refractivity contribution in [3.63, 3.8) is 0 Å². The third-order valence-electron chi connectivity index (χ3n) is 4.13. The fraction of sp³-hybridized carbons (Fsp3) is 0.500. The highest BCUT2D eigenvalue weighted by molar-refractivity contribution is 5.97. The number of benzene rings is 1. The Hall–Kier alpha value is -2.08. The molecule has 0 unspecified atom stereocenters. The van der Waals surface area contributed by atoms with Gasteiger partial charge in [-0.25, -0.2) is 4.79 Å². The minimum Gasteiger partial charge on any atom is -0.336 e. The molecule has 2 fully saturated rings. The van der Waals surface area contributed by atoms with E-state index >= 15 is 0 Å². The normalized spacial score (nSPS) is 25.3.